The molecule has 0 radical (unpaired) electrons. The van der Waals surface area contributed by atoms with Crippen molar-refractivity contribution in [1.82, 2.24) is 20.0 Å². The average molecular weight is 771 g/mol. The van der Waals surface area contributed by atoms with Crippen molar-refractivity contribution >= 4 is 29.3 Å². The summed E-state index contributed by atoms with van der Waals surface area (Å²) in [4.78, 5) is 74.0. The van der Waals surface area contributed by atoms with Crippen LogP contribution < -0.4 is 5.32 Å². The molecule has 0 spiro atoms. The molecule has 1 saturated heterocycles. The van der Waals surface area contributed by atoms with Crippen molar-refractivity contribution in [3.05, 3.63) is 35.4 Å². The maximum absolute atomic E-state index is 14.3. The minimum absolute atomic E-state index is 0.00947. The Morgan fingerprint density at radius 3 is 1.98 bits per heavy atom. The normalized spacial score (nSPS) is 19.1. The fourth-order valence-electron chi connectivity index (χ4n) is 8.45. The second-order valence-corrected chi connectivity index (χ2v) is 17.0. The molecule has 1 fully saturated rings. The number of hydrogen-bond acceptors (Lipinski definition) is 8. The molecule has 2 rings (SSSR count). The van der Waals surface area contributed by atoms with Crippen LogP contribution in [-0.4, -0.2) is 116 Å². The topological polar surface area (TPSA) is 126 Å². The molecule has 11 nitrogen and oxygen atoms in total. The Morgan fingerprint density at radius 2 is 1.47 bits per heavy atom. The number of methoxy groups -OCH3 is 2. The van der Waals surface area contributed by atoms with Gasteiger partial charge in [-0.15, -0.1) is 0 Å². The van der Waals surface area contributed by atoms with E-state index in [0.717, 1.165) is 24.0 Å². The molecule has 9 atom stereocenters. The van der Waals surface area contributed by atoms with Crippen molar-refractivity contribution in [2.75, 3.05) is 41.9 Å². The summed E-state index contributed by atoms with van der Waals surface area (Å²) in [5, 5.41) is 2.95. The monoisotopic (exact) mass is 771 g/mol. The number of carbonyl (C=O) groups excluding carboxylic acids is 5. The Balaban J connectivity index is 2.20. The van der Waals surface area contributed by atoms with Crippen molar-refractivity contribution in [3.63, 3.8) is 0 Å². The highest BCUT2D eigenvalue weighted by Crippen LogP contribution is 2.31. The molecule has 312 valence electrons. The largest absolute Gasteiger partial charge is 0.379 e. The molecule has 0 unspecified atom stereocenters. The third-order valence-electron chi connectivity index (χ3n) is 12.0. The van der Waals surface area contributed by atoms with Crippen molar-refractivity contribution in [1.29, 1.82) is 0 Å². The summed E-state index contributed by atoms with van der Waals surface area (Å²) in [6, 6.07) is 6.95. The number of carbonyl (C=O) groups is 5. The Kier molecular flexibility index (Phi) is 19.7. The SMILES string of the molecule is CC[C@H](C)[C@@H]([C@@H](CC(=O)N1CCC[C@H]1[C@H](OC)[C@@H](C)C(=O)C[C@@H](C)C(=O)NCc1ccc(C)cc1)OC)N(C)C(=O)[C@@H](CC(=O)[C@H](C(C)C)N(C)C)C(C)C. The summed E-state index contributed by atoms with van der Waals surface area (Å²) in [5.41, 5.74) is 2.14. The van der Waals surface area contributed by atoms with Gasteiger partial charge in [-0.05, 0) is 57.2 Å². The summed E-state index contributed by atoms with van der Waals surface area (Å²) in [6.45, 7) is 18.6. The van der Waals surface area contributed by atoms with E-state index in [1.165, 1.54) is 0 Å². The second kappa shape index (κ2) is 22.6. The summed E-state index contributed by atoms with van der Waals surface area (Å²) in [6.07, 6.45) is 1.36. The average Bonchev–Trinajstić information content (AvgIpc) is 3.62. The zero-order valence-corrected chi connectivity index (χ0v) is 36.5. The molecule has 0 bridgehead atoms. The predicted molar refractivity (Wildman–Crippen MR) is 218 cm³/mol. The molecular weight excluding hydrogens is 697 g/mol. The molecule has 0 saturated carbocycles. The molecule has 0 aromatic heterocycles. The molecule has 1 N–H and O–H groups in total. The zero-order chi connectivity index (χ0) is 41.7. The van der Waals surface area contributed by atoms with E-state index < -0.39 is 36.0 Å². The van der Waals surface area contributed by atoms with E-state index in [-0.39, 0.29) is 78.4 Å². The van der Waals surface area contributed by atoms with E-state index in [9.17, 15) is 24.0 Å². The van der Waals surface area contributed by atoms with Crippen LogP contribution in [0.1, 0.15) is 105 Å². The van der Waals surface area contributed by atoms with Crippen molar-refractivity contribution in [3.8, 4) is 0 Å². The van der Waals surface area contributed by atoms with E-state index >= 15 is 0 Å². The van der Waals surface area contributed by atoms with Gasteiger partial charge in [0.25, 0.3) is 0 Å². The Labute approximate surface area is 332 Å². The lowest BCUT2D eigenvalue weighted by atomic mass is 9.83. The first-order chi connectivity index (χ1) is 25.8. The van der Waals surface area contributed by atoms with Crippen LogP contribution in [0.5, 0.6) is 0 Å². The van der Waals surface area contributed by atoms with Crippen LogP contribution in [0.4, 0.5) is 0 Å². The predicted octanol–water partition coefficient (Wildman–Crippen LogP) is 5.94. The van der Waals surface area contributed by atoms with Gasteiger partial charge in [-0.3, -0.25) is 28.9 Å². The van der Waals surface area contributed by atoms with Gasteiger partial charge in [-0.25, -0.2) is 0 Å². The van der Waals surface area contributed by atoms with Crippen molar-refractivity contribution < 1.29 is 33.4 Å². The molecule has 1 heterocycles. The van der Waals surface area contributed by atoms with Gasteiger partial charge in [-0.2, -0.15) is 0 Å². The van der Waals surface area contributed by atoms with Gasteiger partial charge < -0.3 is 24.6 Å². The van der Waals surface area contributed by atoms with Crippen LogP contribution in [0.25, 0.3) is 0 Å². The fraction of sp³-hybridized carbons (Fsp3) is 0.750. The number of ketones is 2. The number of amides is 3. The second-order valence-electron chi connectivity index (χ2n) is 17.0. The first kappa shape index (κ1) is 48.0. The van der Waals surface area contributed by atoms with Crippen LogP contribution in [0.15, 0.2) is 24.3 Å². The fourth-order valence-corrected chi connectivity index (χ4v) is 8.45. The van der Waals surface area contributed by atoms with Gasteiger partial charge in [-0.1, -0.05) is 91.6 Å². The standard InChI is InChI=1S/C44H74N4O7/c1-15-30(7)41(47(12)44(53)34(27(2)3)24-37(50)40(28(4)5)46(10)11)38(54-13)25-39(51)48-22-16-17-35(48)42(55-14)32(9)36(49)23-31(8)43(52)45-26-33-20-18-29(6)19-21-33/h18-21,27-28,30-32,34-35,38,40-42H,15-17,22-26H2,1-14H3,(H,45,52)/t30-,31+,32-,34-,35-,38+,40-,41-,42+/m0/s1. The van der Waals surface area contributed by atoms with Crippen LogP contribution in [0, 0.1) is 42.4 Å². The van der Waals surface area contributed by atoms with Gasteiger partial charge in [0.15, 0.2) is 5.78 Å². The van der Waals surface area contributed by atoms with Gasteiger partial charge in [0.05, 0.1) is 36.8 Å². The number of benzene rings is 1. The highest BCUT2D eigenvalue weighted by atomic mass is 16.5. The number of ether oxygens (including phenoxy) is 2. The molecule has 11 heteroatoms. The number of aryl methyl sites for hydroxylation is 1. The highest BCUT2D eigenvalue weighted by molar-refractivity contribution is 5.90. The number of likely N-dealkylation sites (N-methyl/N-ethyl adjacent to an activating group) is 2. The molecule has 1 aliphatic heterocycles. The lowest BCUT2D eigenvalue weighted by Crippen LogP contribution is -2.54. The molecule has 55 heavy (non-hydrogen) atoms. The number of hydrogen-bond donors (Lipinski definition) is 1. The number of nitrogens with zero attached hydrogens (tertiary/aromatic N) is 3. The molecule has 1 aromatic carbocycles. The third-order valence-corrected chi connectivity index (χ3v) is 12.0. The van der Waals surface area contributed by atoms with Crippen LogP contribution in [0.2, 0.25) is 0 Å². The Bertz CT molecular complexity index is 1390. The Morgan fingerprint density at radius 1 is 0.855 bits per heavy atom. The summed E-state index contributed by atoms with van der Waals surface area (Å²) < 4.78 is 12.0. The molecule has 3 amide bonds. The molecule has 1 aliphatic rings. The first-order valence-corrected chi connectivity index (χ1v) is 20.5. The van der Waals surface area contributed by atoms with E-state index in [0.29, 0.717) is 19.5 Å². The molecular formula is C44H74N4O7. The maximum Gasteiger partial charge on any atom is 0.226 e. The molecule has 0 aliphatic carbocycles. The van der Waals surface area contributed by atoms with Gasteiger partial charge in [0, 0.05) is 65.0 Å². The number of rotatable bonds is 23. The maximum atomic E-state index is 14.3. The quantitative estimate of drug-likeness (QED) is 0.145. The van der Waals surface area contributed by atoms with Crippen LogP contribution in [0.3, 0.4) is 0 Å². The van der Waals surface area contributed by atoms with Crippen LogP contribution >= 0.6 is 0 Å². The van der Waals surface area contributed by atoms with E-state index in [1.807, 2.05) is 89.7 Å². The molecule has 1 aromatic rings. The number of nitrogens with one attached hydrogen (secondary N) is 1. The summed E-state index contributed by atoms with van der Waals surface area (Å²) in [7, 11) is 8.72. The zero-order valence-electron chi connectivity index (χ0n) is 36.5. The van der Waals surface area contributed by atoms with Crippen LogP contribution in [-0.2, 0) is 40.0 Å². The third kappa shape index (κ3) is 13.2. The lowest BCUT2D eigenvalue weighted by molar-refractivity contribution is -0.149. The number of Topliss-reactive ketones (excluding diaryl/α,β-unsaturated/α-hetero) is 2. The van der Waals surface area contributed by atoms with E-state index in [4.69, 9.17) is 9.47 Å². The smallest absolute Gasteiger partial charge is 0.226 e. The van der Waals surface area contributed by atoms with E-state index in [1.54, 1.807) is 33.1 Å². The highest BCUT2D eigenvalue weighted by Gasteiger charge is 2.43. The summed E-state index contributed by atoms with van der Waals surface area (Å²) in [5.74, 6) is -1.96. The summed E-state index contributed by atoms with van der Waals surface area (Å²) >= 11 is 0. The van der Waals surface area contributed by atoms with E-state index in [2.05, 4.69) is 19.2 Å². The van der Waals surface area contributed by atoms with Crippen molar-refractivity contribution in [2.45, 2.75) is 138 Å². The Hall–Kier alpha value is -3.15. The lowest BCUT2D eigenvalue weighted by Gasteiger charge is -2.41. The van der Waals surface area contributed by atoms with Gasteiger partial charge in [0.2, 0.25) is 17.7 Å². The minimum Gasteiger partial charge on any atom is -0.379 e. The first-order valence-electron chi connectivity index (χ1n) is 20.5. The van der Waals surface area contributed by atoms with Gasteiger partial charge in [0.1, 0.15) is 5.78 Å². The van der Waals surface area contributed by atoms with Gasteiger partial charge >= 0.3 is 0 Å². The minimum atomic E-state index is -0.592. The number of likely N-dealkylation sites (tertiary alicyclic amines) is 1. The van der Waals surface area contributed by atoms with Crippen molar-refractivity contribution in [2.24, 2.45) is 35.5 Å².